The van der Waals surface area contributed by atoms with Gasteiger partial charge in [-0.05, 0) is 44.0 Å². The summed E-state index contributed by atoms with van der Waals surface area (Å²) in [7, 11) is 0. The fourth-order valence-corrected chi connectivity index (χ4v) is 3.35. The van der Waals surface area contributed by atoms with Gasteiger partial charge in [-0.25, -0.2) is 4.39 Å². The molecular weight excluding hydrogens is 387 g/mol. The van der Waals surface area contributed by atoms with Gasteiger partial charge < -0.3 is 19.7 Å². The van der Waals surface area contributed by atoms with Crippen LogP contribution in [-0.2, 0) is 22.6 Å². The van der Waals surface area contributed by atoms with Gasteiger partial charge in [0.15, 0.2) is 11.5 Å². The van der Waals surface area contributed by atoms with Gasteiger partial charge in [0, 0.05) is 25.1 Å². The number of benzene rings is 2. The predicted octanol–water partition coefficient (Wildman–Crippen LogP) is 3.08. The van der Waals surface area contributed by atoms with E-state index in [2.05, 4.69) is 5.32 Å². The van der Waals surface area contributed by atoms with E-state index in [1.54, 1.807) is 25.1 Å². The molecule has 30 heavy (non-hydrogen) atoms. The predicted molar refractivity (Wildman–Crippen MR) is 111 cm³/mol. The number of hydrogen-bond acceptors (Lipinski definition) is 4. The lowest BCUT2D eigenvalue weighted by atomic mass is 10.1. The van der Waals surface area contributed by atoms with Crippen molar-refractivity contribution in [2.45, 2.75) is 39.3 Å². The maximum absolute atomic E-state index is 14.2. The Balaban J connectivity index is 1.72. The summed E-state index contributed by atoms with van der Waals surface area (Å²) in [5.74, 6) is 0.492. The molecule has 6 nitrogen and oxygen atoms in total. The van der Waals surface area contributed by atoms with Gasteiger partial charge in [0.25, 0.3) is 0 Å². The van der Waals surface area contributed by atoms with Gasteiger partial charge in [0.2, 0.25) is 11.8 Å². The first kappa shape index (κ1) is 21.6. The summed E-state index contributed by atoms with van der Waals surface area (Å²) in [4.78, 5) is 26.8. The zero-order valence-corrected chi connectivity index (χ0v) is 17.3. The summed E-state index contributed by atoms with van der Waals surface area (Å²) in [6, 6.07) is 11.2. The Morgan fingerprint density at radius 2 is 1.87 bits per heavy atom. The van der Waals surface area contributed by atoms with Crippen LogP contribution in [0.25, 0.3) is 0 Å². The Morgan fingerprint density at radius 1 is 1.13 bits per heavy atom. The molecule has 0 saturated heterocycles. The molecule has 0 unspecified atom stereocenters. The molecule has 2 aromatic carbocycles. The molecule has 0 aliphatic carbocycles. The highest BCUT2D eigenvalue weighted by Crippen LogP contribution is 2.31. The summed E-state index contributed by atoms with van der Waals surface area (Å²) in [6.07, 6.45) is 0.670. The Morgan fingerprint density at radius 3 is 2.60 bits per heavy atom. The molecule has 3 rings (SSSR count). The summed E-state index contributed by atoms with van der Waals surface area (Å²) >= 11 is 0. The second-order valence-electron chi connectivity index (χ2n) is 7.16. The number of amides is 2. The van der Waals surface area contributed by atoms with Gasteiger partial charge in [-0.15, -0.1) is 0 Å². The van der Waals surface area contributed by atoms with Crippen LogP contribution in [0.2, 0.25) is 0 Å². The molecule has 0 fully saturated rings. The van der Waals surface area contributed by atoms with Crippen molar-refractivity contribution in [3.05, 3.63) is 59.4 Å². The lowest BCUT2D eigenvalue weighted by Crippen LogP contribution is -2.47. The van der Waals surface area contributed by atoms with Gasteiger partial charge in [-0.2, -0.15) is 0 Å². The minimum Gasteiger partial charge on any atom is -0.486 e. The highest BCUT2D eigenvalue weighted by Gasteiger charge is 2.26. The van der Waals surface area contributed by atoms with Crippen LogP contribution in [0, 0.1) is 5.82 Å². The van der Waals surface area contributed by atoms with Crippen molar-refractivity contribution < 1.29 is 23.5 Å². The van der Waals surface area contributed by atoms with E-state index >= 15 is 0 Å². The van der Waals surface area contributed by atoms with E-state index in [4.69, 9.17) is 9.47 Å². The van der Waals surface area contributed by atoms with E-state index in [-0.39, 0.29) is 24.8 Å². The van der Waals surface area contributed by atoms with E-state index in [1.165, 1.54) is 11.0 Å². The number of carbonyl (C=O) groups is 2. The number of likely N-dealkylation sites (N-methyl/N-ethyl adjacent to an activating group) is 1. The largest absolute Gasteiger partial charge is 0.486 e. The zero-order chi connectivity index (χ0) is 21.5. The standard InChI is InChI=1S/C23H27FN2O4/c1-3-25-23(28)16(2)26(15-18-6-4-5-7-19(18)24)22(27)11-9-17-8-10-20-21(14-17)30-13-12-29-20/h4-8,10,14,16H,3,9,11-13,15H2,1-2H3,(H,25,28)/t16-/m1/s1. The van der Waals surface area contributed by atoms with E-state index in [1.807, 2.05) is 25.1 Å². The molecule has 0 radical (unpaired) electrons. The second-order valence-corrected chi connectivity index (χ2v) is 7.16. The zero-order valence-electron chi connectivity index (χ0n) is 17.3. The first-order valence-corrected chi connectivity index (χ1v) is 10.2. The van der Waals surface area contributed by atoms with Crippen molar-refractivity contribution in [3.8, 4) is 11.5 Å². The molecule has 1 heterocycles. The van der Waals surface area contributed by atoms with Crippen LogP contribution in [0.1, 0.15) is 31.4 Å². The number of nitrogens with one attached hydrogen (secondary N) is 1. The third-order valence-electron chi connectivity index (χ3n) is 5.05. The number of ether oxygens (including phenoxy) is 2. The maximum Gasteiger partial charge on any atom is 0.242 e. The lowest BCUT2D eigenvalue weighted by molar-refractivity contribution is -0.140. The van der Waals surface area contributed by atoms with Gasteiger partial charge in [0.05, 0.1) is 0 Å². The Labute approximate surface area is 176 Å². The van der Waals surface area contributed by atoms with Gasteiger partial charge in [0.1, 0.15) is 25.1 Å². The Kier molecular flexibility index (Phi) is 7.27. The lowest BCUT2D eigenvalue weighted by Gasteiger charge is -2.29. The van der Waals surface area contributed by atoms with Gasteiger partial charge in [-0.3, -0.25) is 9.59 Å². The van der Waals surface area contributed by atoms with Gasteiger partial charge in [-0.1, -0.05) is 24.3 Å². The highest BCUT2D eigenvalue weighted by molar-refractivity contribution is 5.87. The number of rotatable bonds is 8. The van der Waals surface area contributed by atoms with Gasteiger partial charge >= 0.3 is 0 Å². The van der Waals surface area contributed by atoms with E-state index < -0.39 is 11.9 Å². The topological polar surface area (TPSA) is 67.9 Å². The average molecular weight is 414 g/mol. The Bertz CT molecular complexity index is 903. The molecule has 0 saturated carbocycles. The Hall–Kier alpha value is -3.09. The monoisotopic (exact) mass is 414 g/mol. The molecule has 160 valence electrons. The maximum atomic E-state index is 14.2. The van der Waals surface area contributed by atoms with Crippen LogP contribution >= 0.6 is 0 Å². The van der Waals surface area contributed by atoms with Crippen molar-refractivity contribution in [1.82, 2.24) is 10.2 Å². The van der Waals surface area contributed by atoms with Crippen LogP contribution in [0.4, 0.5) is 4.39 Å². The fraction of sp³-hybridized carbons (Fsp3) is 0.391. The van der Waals surface area contributed by atoms with Crippen molar-refractivity contribution in [1.29, 1.82) is 0 Å². The summed E-state index contributed by atoms with van der Waals surface area (Å²) < 4.78 is 25.3. The van der Waals surface area contributed by atoms with Crippen LogP contribution in [0.15, 0.2) is 42.5 Å². The second kappa shape index (κ2) is 10.1. The first-order chi connectivity index (χ1) is 14.5. The molecule has 2 amide bonds. The molecule has 1 aliphatic heterocycles. The number of carbonyl (C=O) groups excluding carboxylic acids is 2. The first-order valence-electron chi connectivity index (χ1n) is 10.2. The quantitative estimate of drug-likeness (QED) is 0.721. The normalized spacial score (nSPS) is 13.4. The third-order valence-corrected chi connectivity index (χ3v) is 5.05. The van der Waals surface area contributed by atoms with Crippen LogP contribution < -0.4 is 14.8 Å². The van der Waals surface area contributed by atoms with Crippen LogP contribution in [-0.4, -0.2) is 42.5 Å². The van der Waals surface area contributed by atoms with Crippen molar-refractivity contribution in [2.75, 3.05) is 19.8 Å². The summed E-state index contributed by atoms with van der Waals surface area (Å²) in [6.45, 7) is 4.99. The molecule has 0 bridgehead atoms. The smallest absolute Gasteiger partial charge is 0.242 e. The van der Waals surface area contributed by atoms with E-state index in [9.17, 15) is 14.0 Å². The third kappa shape index (κ3) is 5.28. The molecular formula is C23H27FN2O4. The molecule has 1 aliphatic rings. The molecule has 0 aromatic heterocycles. The molecule has 7 heteroatoms. The van der Waals surface area contributed by atoms with Crippen LogP contribution in [0.3, 0.4) is 0 Å². The SMILES string of the molecule is CCNC(=O)[C@@H](C)N(Cc1ccccc1F)C(=O)CCc1ccc2c(c1)OCCO2. The number of nitrogens with zero attached hydrogens (tertiary/aromatic N) is 1. The number of fused-ring (bicyclic) bond motifs is 1. The number of aryl methyl sites for hydroxylation is 1. The molecule has 0 spiro atoms. The minimum absolute atomic E-state index is 0.0327. The fourth-order valence-electron chi connectivity index (χ4n) is 3.35. The van der Waals surface area contributed by atoms with Crippen molar-refractivity contribution in [3.63, 3.8) is 0 Å². The summed E-state index contributed by atoms with van der Waals surface area (Å²) in [5, 5.41) is 2.73. The van der Waals surface area contributed by atoms with E-state index in [0.29, 0.717) is 43.2 Å². The number of halogens is 1. The molecule has 1 atom stereocenters. The highest BCUT2D eigenvalue weighted by atomic mass is 19.1. The number of hydrogen-bond donors (Lipinski definition) is 1. The van der Waals surface area contributed by atoms with Crippen molar-refractivity contribution >= 4 is 11.8 Å². The summed E-state index contributed by atoms with van der Waals surface area (Å²) in [5.41, 5.74) is 1.31. The molecule has 1 N–H and O–H groups in total. The molecule has 2 aromatic rings. The minimum atomic E-state index is -0.711. The van der Waals surface area contributed by atoms with E-state index in [0.717, 1.165) is 5.56 Å². The average Bonchev–Trinajstić information content (AvgIpc) is 2.76. The van der Waals surface area contributed by atoms with Crippen molar-refractivity contribution in [2.24, 2.45) is 0 Å². The van der Waals surface area contributed by atoms with Crippen LogP contribution in [0.5, 0.6) is 11.5 Å².